The third-order valence-electron chi connectivity index (χ3n) is 10.8. The van der Waals surface area contributed by atoms with Gasteiger partial charge in [-0.1, -0.05) is 19.9 Å². The number of ketones is 1. The van der Waals surface area contributed by atoms with E-state index in [1.54, 1.807) is 6.92 Å². The largest absolute Gasteiger partial charge is 0.459 e. The van der Waals surface area contributed by atoms with Gasteiger partial charge >= 0.3 is 5.97 Å². The summed E-state index contributed by atoms with van der Waals surface area (Å²) in [6.07, 6.45) is 8.92. The summed E-state index contributed by atoms with van der Waals surface area (Å²) in [5.41, 5.74) is 0.915. The normalized spacial score (nSPS) is 47.5. The van der Waals surface area contributed by atoms with Crippen molar-refractivity contribution in [2.24, 2.45) is 34.5 Å². The fourth-order valence-electron chi connectivity index (χ4n) is 9.28. The molecule has 1 aromatic carbocycles. The summed E-state index contributed by atoms with van der Waals surface area (Å²) >= 11 is 2.24. The van der Waals surface area contributed by atoms with Gasteiger partial charge in [-0.25, -0.2) is 4.79 Å². The lowest BCUT2D eigenvalue weighted by molar-refractivity contribution is -0.133. The summed E-state index contributed by atoms with van der Waals surface area (Å²) in [5, 5.41) is 0. The van der Waals surface area contributed by atoms with Crippen molar-refractivity contribution in [3.05, 3.63) is 33.4 Å². The Hall–Kier alpha value is -0.950. The Morgan fingerprint density at radius 2 is 1.88 bits per heavy atom. The van der Waals surface area contributed by atoms with Gasteiger partial charge in [-0.2, -0.15) is 0 Å². The molecule has 4 nitrogen and oxygen atoms in total. The van der Waals surface area contributed by atoms with Crippen LogP contribution in [0.2, 0.25) is 0 Å². The van der Waals surface area contributed by atoms with E-state index in [1.165, 1.54) is 19.3 Å². The molecule has 1 heterocycles. The van der Waals surface area contributed by atoms with Crippen molar-refractivity contribution in [2.45, 2.75) is 89.9 Å². The lowest BCUT2D eigenvalue weighted by Crippen LogP contribution is -2.60. The number of halogens is 1. The predicted octanol–water partition coefficient (Wildman–Crippen LogP) is 6.20. The van der Waals surface area contributed by atoms with Crippen molar-refractivity contribution in [3.63, 3.8) is 0 Å². The van der Waals surface area contributed by atoms with Gasteiger partial charge in [0.1, 0.15) is 17.5 Å². The zero-order valence-electron chi connectivity index (χ0n) is 19.9. The molecule has 0 radical (unpaired) electrons. The monoisotopic (exact) mass is 562 g/mol. The molecule has 33 heavy (non-hydrogen) atoms. The van der Waals surface area contributed by atoms with Crippen molar-refractivity contribution < 1.29 is 19.1 Å². The predicted molar refractivity (Wildman–Crippen MR) is 134 cm³/mol. The SMILES string of the molecule is CC(=O)[C@H]1CC[C@H]2[C@@H]3CC[C@H]4C[C@H](OC(=O)c5cccc(I)c5)CC[C@]4(C)[C@@]34O[C@H]4C[C@]12C. The number of epoxide rings is 1. The van der Waals surface area contributed by atoms with E-state index in [0.717, 1.165) is 35.7 Å². The van der Waals surface area contributed by atoms with Gasteiger partial charge in [-0.05, 0) is 122 Å². The Morgan fingerprint density at radius 1 is 1.09 bits per heavy atom. The van der Waals surface area contributed by atoms with E-state index in [0.29, 0.717) is 35.2 Å². The molecule has 0 aromatic heterocycles. The summed E-state index contributed by atoms with van der Waals surface area (Å²) < 4.78 is 13.8. The molecule has 9 atom stereocenters. The fourth-order valence-corrected chi connectivity index (χ4v) is 9.82. The Balaban J connectivity index is 1.20. The molecule has 4 aliphatic carbocycles. The van der Waals surface area contributed by atoms with Gasteiger partial charge < -0.3 is 9.47 Å². The average Bonchev–Trinajstić information content (AvgIpc) is 3.38. The van der Waals surface area contributed by atoms with Crippen LogP contribution in [0.4, 0.5) is 0 Å². The second-order valence-electron chi connectivity index (χ2n) is 12.1. The van der Waals surface area contributed by atoms with Crippen LogP contribution in [0.1, 0.15) is 82.5 Å². The van der Waals surface area contributed by atoms with Crippen LogP contribution < -0.4 is 0 Å². The first-order valence-electron chi connectivity index (χ1n) is 12.8. The maximum absolute atomic E-state index is 12.8. The number of ether oxygens (including phenoxy) is 2. The molecule has 5 fully saturated rings. The van der Waals surface area contributed by atoms with Gasteiger partial charge in [0.25, 0.3) is 0 Å². The number of fused-ring (bicyclic) bond motifs is 3. The zero-order chi connectivity index (χ0) is 23.2. The average molecular weight is 562 g/mol. The Morgan fingerprint density at radius 3 is 2.64 bits per heavy atom. The van der Waals surface area contributed by atoms with E-state index in [2.05, 4.69) is 36.4 Å². The summed E-state index contributed by atoms with van der Waals surface area (Å²) in [4.78, 5) is 25.2. The van der Waals surface area contributed by atoms with E-state index in [4.69, 9.17) is 9.47 Å². The second kappa shape index (κ2) is 7.52. The Kier molecular flexibility index (Phi) is 5.13. The van der Waals surface area contributed by atoms with Crippen LogP contribution >= 0.6 is 22.6 Å². The highest BCUT2D eigenvalue weighted by atomic mass is 127. The van der Waals surface area contributed by atoms with Crippen LogP contribution in [-0.4, -0.2) is 29.6 Å². The van der Waals surface area contributed by atoms with Gasteiger partial charge in [0.15, 0.2) is 0 Å². The van der Waals surface area contributed by atoms with E-state index in [1.807, 2.05) is 24.3 Å². The highest BCUT2D eigenvalue weighted by molar-refractivity contribution is 14.1. The quantitative estimate of drug-likeness (QED) is 0.250. The third kappa shape index (κ3) is 3.09. The van der Waals surface area contributed by atoms with E-state index < -0.39 is 0 Å². The van der Waals surface area contributed by atoms with Gasteiger partial charge in [-0.3, -0.25) is 4.79 Å². The van der Waals surface area contributed by atoms with Crippen molar-refractivity contribution >= 4 is 34.3 Å². The molecule has 1 aromatic rings. The number of rotatable bonds is 3. The molecule has 6 rings (SSSR count). The Bertz CT molecular complexity index is 1010. The van der Waals surface area contributed by atoms with E-state index >= 15 is 0 Å². The molecule has 0 bridgehead atoms. The van der Waals surface area contributed by atoms with Crippen molar-refractivity contribution in [1.29, 1.82) is 0 Å². The first kappa shape index (κ1) is 22.5. The zero-order valence-corrected chi connectivity index (χ0v) is 22.1. The minimum absolute atomic E-state index is 0.000947. The molecular formula is C28H35IO4. The molecule has 0 amide bonds. The minimum atomic E-state index is -0.191. The van der Waals surface area contributed by atoms with Gasteiger partial charge in [0, 0.05) is 14.9 Å². The number of carbonyl (C=O) groups excluding carboxylic acids is 2. The van der Waals surface area contributed by atoms with Gasteiger partial charge in [0.05, 0.1) is 11.7 Å². The highest BCUT2D eigenvalue weighted by Gasteiger charge is 2.79. The number of hydrogen-bond acceptors (Lipinski definition) is 4. The van der Waals surface area contributed by atoms with Crippen LogP contribution in [0.15, 0.2) is 24.3 Å². The van der Waals surface area contributed by atoms with Crippen LogP contribution in [0.3, 0.4) is 0 Å². The van der Waals surface area contributed by atoms with E-state index in [-0.39, 0.29) is 34.4 Å². The minimum Gasteiger partial charge on any atom is -0.459 e. The first-order valence-corrected chi connectivity index (χ1v) is 13.9. The number of carbonyl (C=O) groups is 2. The fraction of sp³-hybridized carbons (Fsp3) is 0.714. The number of Topliss-reactive ketones (excluding diaryl/α,β-unsaturated/α-hetero) is 1. The van der Waals surface area contributed by atoms with Crippen molar-refractivity contribution in [2.75, 3.05) is 0 Å². The molecule has 0 N–H and O–H groups in total. The molecule has 0 unspecified atom stereocenters. The maximum Gasteiger partial charge on any atom is 0.338 e. The Labute approximate surface area is 210 Å². The number of hydrogen-bond donors (Lipinski definition) is 0. The first-order chi connectivity index (χ1) is 15.7. The topological polar surface area (TPSA) is 55.9 Å². The highest BCUT2D eigenvalue weighted by Crippen LogP contribution is 2.76. The lowest BCUT2D eigenvalue weighted by Gasteiger charge is -2.59. The molecule has 178 valence electrons. The molecular weight excluding hydrogens is 527 g/mol. The standard InChI is InChI=1S/C28H35IO4/c1-16(30)21-9-10-22-23-8-7-18-14-20(32-25(31)17-5-4-6-19(29)13-17)11-12-27(18,3)28(23)24(33-28)15-26(21,22)2/h4-6,13,18,20-24H,7-12,14-15H2,1-3H3/t18-,20+,21+,22-,23-,24-,26+,27-,28+/m0/s1. The molecule has 5 heteroatoms. The number of esters is 1. The summed E-state index contributed by atoms with van der Waals surface area (Å²) in [6.45, 7) is 6.66. The molecule has 5 aliphatic rings. The lowest BCUT2D eigenvalue weighted by atomic mass is 9.44. The van der Waals surface area contributed by atoms with Crippen LogP contribution in [0.5, 0.6) is 0 Å². The molecule has 1 saturated heterocycles. The van der Waals surface area contributed by atoms with Crippen molar-refractivity contribution in [1.82, 2.24) is 0 Å². The molecule has 4 saturated carbocycles. The second-order valence-corrected chi connectivity index (χ2v) is 13.3. The van der Waals surface area contributed by atoms with Crippen LogP contribution in [0.25, 0.3) is 0 Å². The van der Waals surface area contributed by atoms with Crippen LogP contribution in [-0.2, 0) is 14.3 Å². The van der Waals surface area contributed by atoms with Crippen molar-refractivity contribution in [3.8, 4) is 0 Å². The summed E-state index contributed by atoms with van der Waals surface area (Å²) in [6, 6.07) is 7.65. The van der Waals surface area contributed by atoms with Gasteiger partial charge in [0.2, 0.25) is 0 Å². The molecule has 1 spiro atoms. The van der Waals surface area contributed by atoms with Crippen LogP contribution in [0, 0.1) is 38.1 Å². The van der Waals surface area contributed by atoms with E-state index in [9.17, 15) is 9.59 Å². The summed E-state index contributed by atoms with van der Waals surface area (Å²) in [5.74, 6) is 2.13. The molecule has 1 aliphatic heterocycles. The third-order valence-corrected chi connectivity index (χ3v) is 11.5. The smallest absolute Gasteiger partial charge is 0.338 e. The maximum atomic E-state index is 12.8. The summed E-state index contributed by atoms with van der Waals surface area (Å²) in [7, 11) is 0. The van der Waals surface area contributed by atoms with Gasteiger partial charge in [-0.15, -0.1) is 0 Å². The number of benzene rings is 1.